The Kier molecular flexibility index (Phi) is 3.86. The molecule has 4 rings (SSSR count). The molecule has 0 amide bonds. The number of hydrogen-bond donors (Lipinski definition) is 1. The smallest absolute Gasteiger partial charge is 0.361 e. The van der Waals surface area contributed by atoms with Crippen molar-refractivity contribution in [2.24, 2.45) is 16.9 Å². The van der Waals surface area contributed by atoms with Crippen LogP contribution in [0, 0.1) is 11.8 Å². The topological polar surface area (TPSA) is 71.8 Å². The summed E-state index contributed by atoms with van der Waals surface area (Å²) in [7, 11) is 0. The summed E-state index contributed by atoms with van der Waals surface area (Å²) in [5.74, 6) is 1.41. The Morgan fingerprint density at radius 2 is 2.16 bits per heavy atom. The van der Waals surface area contributed by atoms with Crippen LogP contribution in [0.2, 0.25) is 0 Å². The number of nitrogens with zero attached hydrogens (tertiary/aromatic N) is 4. The van der Waals surface area contributed by atoms with E-state index in [1.54, 1.807) is 12.7 Å². The summed E-state index contributed by atoms with van der Waals surface area (Å²) in [6.07, 6.45) is 5.81. The van der Waals surface area contributed by atoms with Crippen molar-refractivity contribution in [3.63, 3.8) is 0 Å². The number of nitrogens with one attached hydrogen (secondary N) is 1. The van der Waals surface area contributed by atoms with E-state index >= 15 is 0 Å². The Hall–Kier alpha value is -1.57. The van der Waals surface area contributed by atoms with Crippen molar-refractivity contribution in [2.45, 2.75) is 63.2 Å². The first kappa shape index (κ1) is 16.9. The molecule has 1 aliphatic carbocycles. The first-order valence-corrected chi connectivity index (χ1v) is 9.69. The Morgan fingerprint density at radius 1 is 1.40 bits per heavy atom. The van der Waals surface area contributed by atoms with Crippen LogP contribution in [0.15, 0.2) is 11.4 Å². The van der Waals surface area contributed by atoms with Crippen LogP contribution in [-0.2, 0) is 4.74 Å². The summed E-state index contributed by atoms with van der Waals surface area (Å²) in [6, 6.07) is 0.241. The van der Waals surface area contributed by atoms with E-state index in [-0.39, 0.29) is 12.2 Å². The molecule has 5 atom stereocenters. The molecule has 0 radical (unpaired) electrons. The van der Waals surface area contributed by atoms with Crippen LogP contribution in [0.3, 0.4) is 0 Å². The summed E-state index contributed by atoms with van der Waals surface area (Å²) >= 11 is 3.88. The summed E-state index contributed by atoms with van der Waals surface area (Å²) in [4.78, 5) is 19.5. The van der Waals surface area contributed by atoms with Crippen molar-refractivity contribution >= 4 is 34.1 Å². The van der Waals surface area contributed by atoms with E-state index in [2.05, 4.69) is 42.9 Å². The second-order valence-corrected chi connectivity index (χ2v) is 9.47. The SMILES string of the molecule is CC1CC(Br)C2C(C1)C1NN=CN1c1c(C(=O)OC(C)(C)C)ncn12. The lowest BCUT2D eigenvalue weighted by Crippen LogP contribution is -2.55. The monoisotopic (exact) mass is 409 g/mol. The number of halogens is 1. The molecule has 8 heteroatoms. The third kappa shape index (κ3) is 2.74. The van der Waals surface area contributed by atoms with E-state index in [9.17, 15) is 4.79 Å². The molecule has 1 aromatic heterocycles. The van der Waals surface area contributed by atoms with Gasteiger partial charge >= 0.3 is 5.97 Å². The highest BCUT2D eigenvalue weighted by Gasteiger charge is 2.50. The van der Waals surface area contributed by atoms with Gasteiger partial charge in [0.25, 0.3) is 0 Å². The van der Waals surface area contributed by atoms with E-state index < -0.39 is 11.6 Å². The van der Waals surface area contributed by atoms with Gasteiger partial charge in [-0.1, -0.05) is 22.9 Å². The lowest BCUT2D eigenvalue weighted by atomic mass is 9.75. The van der Waals surface area contributed by atoms with Gasteiger partial charge in [0.1, 0.15) is 18.1 Å². The Bertz CT molecular complexity index is 725. The lowest BCUT2D eigenvalue weighted by Gasteiger charge is -2.48. The minimum Gasteiger partial charge on any atom is -0.455 e. The first-order valence-electron chi connectivity index (χ1n) is 8.77. The van der Waals surface area contributed by atoms with E-state index in [4.69, 9.17) is 4.74 Å². The highest BCUT2D eigenvalue weighted by molar-refractivity contribution is 9.09. The number of esters is 1. The fraction of sp³-hybridized carbons (Fsp3) is 0.706. The molecule has 7 nitrogen and oxygen atoms in total. The normalized spacial score (nSPS) is 33.3. The number of alkyl halides is 1. The predicted octanol–water partition coefficient (Wildman–Crippen LogP) is 2.88. The fourth-order valence-corrected chi connectivity index (χ4v) is 5.57. The van der Waals surface area contributed by atoms with E-state index in [1.165, 1.54) is 0 Å². The van der Waals surface area contributed by atoms with Gasteiger partial charge in [-0.05, 0) is 39.5 Å². The quantitative estimate of drug-likeness (QED) is 0.570. The number of carbonyl (C=O) groups excluding carboxylic acids is 1. The predicted molar refractivity (Wildman–Crippen MR) is 98.9 cm³/mol. The molecule has 3 aliphatic rings. The largest absolute Gasteiger partial charge is 0.455 e. The molecular formula is C17H24BrN5O2. The third-order valence-electron chi connectivity index (χ3n) is 5.13. The van der Waals surface area contributed by atoms with Crippen LogP contribution in [0.5, 0.6) is 0 Å². The van der Waals surface area contributed by atoms with Crippen LogP contribution >= 0.6 is 15.9 Å². The highest BCUT2D eigenvalue weighted by atomic mass is 79.9. The summed E-state index contributed by atoms with van der Waals surface area (Å²) < 4.78 is 7.69. The molecule has 1 aromatic rings. The number of aromatic nitrogens is 2. The summed E-state index contributed by atoms with van der Waals surface area (Å²) in [5, 5.41) is 4.26. The lowest BCUT2D eigenvalue weighted by molar-refractivity contribution is 0.00635. The number of fused-ring (bicyclic) bond motifs is 6. The molecule has 5 unspecified atom stereocenters. The average molecular weight is 410 g/mol. The van der Waals surface area contributed by atoms with Crippen molar-refractivity contribution in [3.8, 4) is 0 Å². The number of carbonyl (C=O) groups is 1. The number of hydrogen-bond acceptors (Lipinski definition) is 6. The van der Waals surface area contributed by atoms with E-state index in [0.29, 0.717) is 22.4 Å². The number of anilines is 1. The molecule has 0 spiro atoms. The van der Waals surface area contributed by atoms with Gasteiger partial charge in [0.05, 0.1) is 12.4 Å². The summed E-state index contributed by atoms with van der Waals surface area (Å²) in [6.45, 7) is 7.88. The Labute approximate surface area is 155 Å². The van der Waals surface area contributed by atoms with Crippen LogP contribution < -0.4 is 10.3 Å². The maximum atomic E-state index is 12.7. The van der Waals surface area contributed by atoms with Gasteiger partial charge in [-0.3, -0.25) is 10.3 Å². The maximum absolute atomic E-state index is 12.7. The van der Waals surface area contributed by atoms with Crippen molar-refractivity contribution in [1.29, 1.82) is 0 Å². The molecule has 0 aromatic carbocycles. The van der Waals surface area contributed by atoms with Crippen LogP contribution in [-0.4, -0.2) is 38.5 Å². The highest BCUT2D eigenvalue weighted by Crippen LogP contribution is 2.49. The van der Waals surface area contributed by atoms with Crippen LogP contribution in [0.4, 0.5) is 5.82 Å². The number of hydrazone groups is 1. The molecule has 1 saturated carbocycles. The maximum Gasteiger partial charge on any atom is 0.361 e. The van der Waals surface area contributed by atoms with Crippen molar-refractivity contribution in [3.05, 3.63) is 12.0 Å². The van der Waals surface area contributed by atoms with Gasteiger partial charge in [0.2, 0.25) is 0 Å². The zero-order chi connectivity index (χ0) is 17.9. The third-order valence-corrected chi connectivity index (χ3v) is 6.05. The Morgan fingerprint density at radius 3 is 2.88 bits per heavy atom. The molecule has 0 bridgehead atoms. The molecule has 25 heavy (non-hydrogen) atoms. The minimum absolute atomic E-state index is 0.0539. The average Bonchev–Trinajstić information content (AvgIpc) is 3.10. The molecular weight excluding hydrogens is 386 g/mol. The Balaban J connectivity index is 1.77. The zero-order valence-corrected chi connectivity index (χ0v) is 16.5. The first-order chi connectivity index (χ1) is 11.8. The van der Waals surface area contributed by atoms with Crippen LogP contribution in [0.25, 0.3) is 0 Å². The molecule has 1 fully saturated rings. The van der Waals surface area contributed by atoms with Crippen molar-refractivity contribution in [1.82, 2.24) is 15.0 Å². The van der Waals surface area contributed by atoms with Gasteiger partial charge in [0, 0.05) is 10.7 Å². The minimum atomic E-state index is -0.556. The molecule has 0 saturated heterocycles. The van der Waals surface area contributed by atoms with Gasteiger partial charge in [-0.2, -0.15) is 5.10 Å². The number of imidazole rings is 1. The second kappa shape index (κ2) is 5.72. The number of rotatable bonds is 1. The molecule has 3 heterocycles. The van der Waals surface area contributed by atoms with E-state index in [1.807, 2.05) is 25.7 Å². The van der Waals surface area contributed by atoms with Crippen molar-refractivity contribution < 1.29 is 9.53 Å². The van der Waals surface area contributed by atoms with Crippen LogP contribution in [0.1, 0.15) is 57.1 Å². The van der Waals surface area contributed by atoms with E-state index in [0.717, 1.165) is 18.7 Å². The fourth-order valence-electron chi connectivity index (χ4n) is 4.28. The van der Waals surface area contributed by atoms with Gasteiger partial charge in [0.15, 0.2) is 11.5 Å². The molecule has 2 aliphatic heterocycles. The number of ether oxygens (including phenoxy) is 1. The zero-order valence-electron chi connectivity index (χ0n) is 14.9. The summed E-state index contributed by atoms with van der Waals surface area (Å²) in [5.41, 5.74) is 3.02. The van der Waals surface area contributed by atoms with Gasteiger partial charge < -0.3 is 9.30 Å². The standard InChI is InChI=1S/C17H24BrN5O2/c1-9-5-10-13(11(18)6-9)22-7-19-12(16(24)25-17(2,3)4)15(22)23-8-20-21-14(10)23/h7-11,13-14,21H,5-6H2,1-4H3. The molecule has 1 N–H and O–H groups in total. The van der Waals surface area contributed by atoms with Gasteiger partial charge in [-0.15, -0.1) is 0 Å². The van der Waals surface area contributed by atoms with Crippen molar-refractivity contribution in [2.75, 3.05) is 4.90 Å². The van der Waals surface area contributed by atoms with Gasteiger partial charge in [-0.25, -0.2) is 9.78 Å². The molecule has 136 valence electrons. The second-order valence-electron chi connectivity index (χ2n) is 8.30.